The quantitative estimate of drug-likeness (QED) is 0.288. The number of nitrogens with one attached hydrogen (secondary N) is 1. The lowest BCUT2D eigenvalue weighted by molar-refractivity contribution is -0.127. The Balaban J connectivity index is 1.48. The lowest BCUT2D eigenvalue weighted by atomic mass is 10.1. The van der Waals surface area contributed by atoms with E-state index in [0.717, 1.165) is 21.0 Å². The van der Waals surface area contributed by atoms with Gasteiger partial charge in [-0.05, 0) is 60.3 Å². The van der Waals surface area contributed by atoms with Gasteiger partial charge in [0.1, 0.15) is 24.7 Å². The summed E-state index contributed by atoms with van der Waals surface area (Å²) in [6.07, 6.45) is 1.54. The smallest absolute Gasteiger partial charge is 0.294 e. The molecule has 0 aromatic heterocycles. The zero-order valence-electron chi connectivity index (χ0n) is 18.3. The SMILES string of the molecule is O=C(CN1C(=O)S/C(=C/c2cc(Br)ccc2OCc2ccccc2Cl)C1=O)Nc1ccc(F)c(Cl)c1. The van der Waals surface area contributed by atoms with Crippen molar-refractivity contribution in [3.8, 4) is 5.75 Å². The van der Waals surface area contributed by atoms with E-state index in [4.69, 9.17) is 27.9 Å². The number of imide groups is 1. The molecule has 0 aliphatic carbocycles. The molecule has 3 aromatic carbocycles. The highest BCUT2D eigenvalue weighted by atomic mass is 79.9. The summed E-state index contributed by atoms with van der Waals surface area (Å²) in [7, 11) is 0. The van der Waals surface area contributed by atoms with E-state index in [0.29, 0.717) is 28.1 Å². The minimum Gasteiger partial charge on any atom is -0.488 e. The first-order valence-electron chi connectivity index (χ1n) is 10.4. The molecule has 3 amide bonds. The van der Waals surface area contributed by atoms with Gasteiger partial charge in [-0.3, -0.25) is 19.3 Å². The van der Waals surface area contributed by atoms with Gasteiger partial charge in [-0.2, -0.15) is 0 Å². The normalized spacial score (nSPS) is 14.4. The first kappa shape index (κ1) is 26.2. The van der Waals surface area contributed by atoms with E-state index in [2.05, 4.69) is 21.2 Å². The summed E-state index contributed by atoms with van der Waals surface area (Å²) in [5.74, 6) is -1.40. The summed E-state index contributed by atoms with van der Waals surface area (Å²) < 4.78 is 20.0. The van der Waals surface area contributed by atoms with Gasteiger partial charge in [0.25, 0.3) is 11.1 Å². The Kier molecular flexibility index (Phi) is 8.35. The third kappa shape index (κ3) is 6.28. The second kappa shape index (κ2) is 11.5. The number of benzene rings is 3. The molecule has 1 heterocycles. The molecule has 0 spiro atoms. The number of amides is 3. The molecule has 4 rings (SSSR count). The van der Waals surface area contributed by atoms with Crippen LogP contribution in [0.2, 0.25) is 10.0 Å². The molecule has 0 radical (unpaired) electrons. The number of hydrogen-bond acceptors (Lipinski definition) is 5. The Morgan fingerprint density at radius 2 is 1.86 bits per heavy atom. The van der Waals surface area contributed by atoms with Crippen LogP contribution < -0.4 is 10.1 Å². The predicted molar refractivity (Wildman–Crippen MR) is 143 cm³/mol. The fraction of sp³-hybridized carbons (Fsp3) is 0.0800. The molecule has 36 heavy (non-hydrogen) atoms. The number of carbonyl (C=O) groups excluding carboxylic acids is 3. The van der Waals surface area contributed by atoms with E-state index in [9.17, 15) is 18.8 Å². The molecular weight excluding hydrogens is 594 g/mol. The molecule has 1 saturated heterocycles. The van der Waals surface area contributed by atoms with E-state index >= 15 is 0 Å². The van der Waals surface area contributed by atoms with Crippen molar-refractivity contribution in [2.75, 3.05) is 11.9 Å². The highest BCUT2D eigenvalue weighted by Gasteiger charge is 2.36. The Bertz CT molecular complexity index is 1400. The highest BCUT2D eigenvalue weighted by molar-refractivity contribution is 9.10. The van der Waals surface area contributed by atoms with Crippen LogP contribution in [0.5, 0.6) is 5.75 Å². The van der Waals surface area contributed by atoms with Gasteiger partial charge in [0.05, 0.1) is 9.93 Å². The van der Waals surface area contributed by atoms with Crippen LogP contribution in [0.15, 0.2) is 70.0 Å². The Morgan fingerprint density at radius 3 is 2.61 bits per heavy atom. The molecule has 0 unspecified atom stereocenters. The summed E-state index contributed by atoms with van der Waals surface area (Å²) in [6, 6.07) is 16.2. The van der Waals surface area contributed by atoms with Crippen LogP contribution >= 0.6 is 50.9 Å². The zero-order valence-corrected chi connectivity index (χ0v) is 22.2. The van der Waals surface area contributed by atoms with Crippen molar-refractivity contribution in [2.24, 2.45) is 0 Å². The predicted octanol–water partition coefficient (Wildman–Crippen LogP) is 7.15. The van der Waals surface area contributed by atoms with Crippen molar-refractivity contribution < 1.29 is 23.5 Å². The van der Waals surface area contributed by atoms with Gasteiger partial charge in [0.15, 0.2) is 0 Å². The highest BCUT2D eigenvalue weighted by Crippen LogP contribution is 2.35. The number of rotatable bonds is 7. The van der Waals surface area contributed by atoms with Gasteiger partial charge in [0.2, 0.25) is 5.91 Å². The summed E-state index contributed by atoms with van der Waals surface area (Å²) in [4.78, 5) is 38.8. The average molecular weight is 610 g/mol. The number of carbonyl (C=O) groups is 3. The molecule has 0 atom stereocenters. The number of hydrogen-bond donors (Lipinski definition) is 1. The van der Waals surface area contributed by atoms with Crippen molar-refractivity contribution >= 4 is 79.7 Å². The Hall–Kier alpha value is -2.85. The zero-order chi connectivity index (χ0) is 25.8. The topological polar surface area (TPSA) is 75.7 Å². The summed E-state index contributed by atoms with van der Waals surface area (Å²) in [5, 5.41) is 2.31. The molecule has 1 aliphatic rings. The lowest BCUT2D eigenvalue weighted by Crippen LogP contribution is -2.36. The van der Waals surface area contributed by atoms with Gasteiger partial charge in [-0.1, -0.05) is 57.3 Å². The van der Waals surface area contributed by atoms with Crippen molar-refractivity contribution in [1.82, 2.24) is 4.90 Å². The molecule has 3 aromatic rings. The summed E-state index contributed by atoms with van der Waals surface area (Å²) in [6.45, 7) is -0.303. The van der Waals surface area contributed by atoms with Crippen LogP contribution in [0.1, 0.15) is 11.1 Å². The van der Waals surface area contributed by atoms with Crippen LogP contribution in [0.4, 0.5) is 14.9 Å². The fourth-order valence-electron chi connectivity index (χ4n) is 3.23. The largest absolute Gasteiger partial charge is 0.488 e. The summed E-state index contributed by atoms with van der Waals surface area (Å²) in [5.41, 5.74) is 1.59. The molecule has 1 fully saturated rings. The number of thioether (sulfide) groups is 1. The van der Waals surface area contributed by atoms with E-state index in [1.54, 1.807) is 24.3 Å². The first-order chi connectivity index (χ1) is 17.2. The van der Waals surface area contributed by atoms with Gasteiger partial charge in [-0.15, -0.1) is 0 Å². The molecule has 0 saturated carbocycles. The molecule has 184 valence electrons. The van der Waals surface area contributed by atoms with E-state index < -0.39 is 29.4 Å². The summed E-state index contributed by atoms with van der Waals surface area (Å²) >= 11 is 16.0. The number of nitrogens with zero attached hydrogens (tertiary/aromatic N) is 1. The van der Waals surface area contributed by atoms with E-state index in [1.165, 1.54) is 18.2 Å². The molecule has 1 N–H and O–H groups in total. The minimum atomic E-state index is -0.632. The average Bonchev–Trinajstić information content (AvgIpc) is 3.09. The van der Waals surface area contributed by atoms with Crippen LogP contribution in [-0.2, 0) is 16.2 Å². The van der Waals surface area contributed by atoms with Crippen molar-refractivity contribution in [2.45, 2.75) is 6.61 Å². The number of anilines is 1. The monoisotopic (exact) mass is 608 g/mol. The van der Waals surface area contributed by atoms with E-state index in [1.807, 2.05) is 18.2 Å². The first-order valence-corrected chi connectivity index (χ1v) is 12.7. The second-order valence-corrected chi connectivity index (χ2v) is 10.2. The van der Waals surface area contributed by atoms with Crippen LogP contribution in [0.25, 0.3) is 6.08 Å². The lowest BCUT2D eigenvalue weighted by Gasteiger charge is -2.13. The van der Waals surface area contributed by atoms with Crippen molar-refractivity contribution in [1.29, 1.82) is 0 Å². The Labute approximate surface area is 228 Å². The van der Waals surface area contributed by atoms with Crippen molar-refractivity contribution in [3.63, 3.8) is 0 Å². The van der Waals surface area contributed by atoms with Gasteiger partial charge >= 0.3 is 0 Å². The third-order valence-corrected chi connectivity index (χ3v) is 7.04. The van der Waals surface area contributed by atoms with E-state index in [-0.39, 0.29) is 22.2 Å². The maximum absolute atomic E-state index is 13.3. The maximum Gasteiger partial charge on any atom is 0.294 e. The molecule has 11 heteroatoms. The maximum atomic E-state index is 13.3. The standard InChI is InChI=1S/C25H16BrCl2FN2O4S/c26-16-5-8-21(35-13-14-3-1-2-4-18(14)27)15(9-16)10-22-24(33)31(25(34)36-22)12-23(32)30-17-6-7-20(29)19(28)11-17/h1-11H,12-13H2,(H,30,32)/b22-10+. The van der Waals surface area contributed by atoms with Gasteiger partial charge in [-0.25, -0.2) is 4.39 Å². The van der Waals surface area contributed by atoms with Crippen molar-refractivity contribution in [3.05, 3.63) is 97.0 Å². The fourth-order valence-corrected chi connectivity index (χ4v) is 4.81. The minimum absolute atomic E-state index is 0.137. The molecular formula is C25H16BrCl2FN2O4S. The number of ether oxygens (including phenoxy) is 1. The number of halogens is 4. The second-order valence-electron chi connectivity index (χ2n) is 7.51. The molecule has 0 bridgehead atoms. The molecule has 6 nitrogen and oxygen atoms in total. The third-order valence-electron chi connectivity index (χ3n) is 4.98. The van der Waals surface area contributed by atoms with Crippen LogP contribution in [-0.4, -0.2) is 28.5 Å². The van der Waals surface area contributed by atoms with Gasteiger partial charge in [0, 0.05) is 26.3 Å². The molecule has 1 aliphatic heterocycles. The van der Waals surface area contributed by atoms with Crippen LogP contribution in [0.3, 0.4) is 0 Å². The van der Waals surface area contributed by atoms with Gasteiger partial charge < -0.3 is 10.1 Å². The van der Waals surface area contributed by atoms with Crippen LogP contribution in [0, 0.1) is 5.82 Å². The Morgan fingerprint density at radius 1 is 1.08 bits per heavy atom.